The van der Waals surface area contributed by atoms with Crippen LogP contribution in [0.4, 0.5) is 0 Å². The van der Waals surface area contributed by atoms with Crippen LogP contribution < -0.4 is 5.32 Å². The van der Waals surface area contributed by atoms with Crippen LogP contribution in [0.3, 0.4) is 0 Å². The van der Waals surface area contributed by atoms with E-state index in [4.69, 9.17) is 0 Å². The number of aliphatic hydroxyl groups excluding tert-OH is 1. The van der Waals surface area contributed by atoms with Gasteiger partial charge in [-0.2, -0.15) is 0 Å². The SMILES string of the molecule is CCCCCCCCCCCC(CC)C(CO)(NC)C(CC)CCCCCCCCCCC. The molecule has 0 fully saturated rings. The van der Waals surface area contributed by atoms with Crippen molar-refractivity contribution in [1.82, 2.24) is 5.32 Å². The molecule has 0 aliphatic carbocycles. The van der Waals surface area contributed by atoms with Gasteiger partial charge in [-0.3, -0.25) is 0 Å². The van der Waals surface area contributed by atoms with Crippen molar-refractivity contribution in [2.24, 2.45) is 11.8 Å². The zero-order chi connectivity index (χ0) is 24.6. The first-order chi connectivity index (χ1) is 16.2. The molecule has 200 valence electrons. The Hall–Kier alpha value is -0.0800. The highest BCUT2D eigenvalue weighted by molar-refractivity contribution is 4.98. The first-order valence-electron chi connectivity index (χ1n) is 15.5. The minimum atomic E-state index is -0.0934. The van der Waals surface area contributed by atoms with Crippen molar-refractivity contribution < 1.29 is 5.11 Å². The molecule has 0 bridgehead atoms. The number of hydrogen-bond donors (Lipinski definition) is 2. The fraction of sp³-hybridized carbons (Fsp3) is 1.00. The number of unbranched alkanes of at least 4 members (excludes halogenated alkanes) is 16. The maximum atomic E-state index is 10.6. The summed E-state index contributed by atoms with van der Waals surface area (Å²) in [5.41, 5.74) is -0.0934. The Labute approximate surface area is 210 Å². The lowest BCUT2D eigenvalue weighted by Crippen LogP contribution is -2.58. The van der Waals surface area contributed by atoms with Gasteiger partial charge in [0.25, 0.3) is 0 Å². The van der Waals surface area contributed by atoms with Crippen molar-refractivity contribution in [2.45, 2.75) is 174 Å². The van der Waals surface area contributed by atoms with Gasteiger partial charge >= 0.3 is 0 Å². The van der Waals surface area contributed by atoms with Crippen molar-refractivity contribution in [3.05, 3.63) is 0 Å². The standard InChI is InChI=1S/C31H65NO/c1-6-10-12-14-16-18-20-22-24-26-29(8-3)31(28-33,32-5)30(9-4)27-25-23-21-19-17-15-13-11-7-2/h29-30,32-33H,6-28H2,1-5H3. The molecule has 2 heteroatoms. The van der Waals surface area contributed by atoms with Crippen LogP contribution in [0.1, 0.15) is 169 Å². The average molecular weight is 468 g/mol. The van der Waals surface area contributed by atoms with Crippen LogP contribution in [0.15, 0.2) is 0 Å². The molecule has 0 aromatic rings. The molecule has 2 nitrogen and oxygen atoms in total. The van der Waals surface area contributed by atoms with Gasteiger partial charge in [-0.25, -0.2) is 0 Å². The van der Waals surface area contributed by atoms with E-state index in [1.165, 1.54) is 141 Å². The second-order valence-electron chi connectivity index (χ2n) is 10.9. The van der Waals surface area contributed by atoms with Gasteiger partial charge in [-0.1, -0.05) is 156 Å². The minimum Gasteiger partial charge on any atom is -0.394 e. The predicted molar refractivity (Wildman–Crippen MR) is 150 cm³/mol. The van der Waals surface area contributed by atoms with Crippen molar-refractivity contribution in [3.63, 3.8) is 0 Å². The molecule has 0 aromatic carbocycles. The Morgan fingerprint density at radius 3 is 1.06 bits per heavy atom. The van der Waals surface area contributed by atoms with E-state index in [-0.39, 0.29) is 12.1 Å². The number of nitrogens with one attached hydrogen (secondary N) is 1. The van der Waals surface area contributed by atoms with Crippen LogP contribution in [-0.4, -0.2) is 24.3 Å². The van der Waals surface area contributed by atoms with Crippen LogP contribution in [0.5, 0.6) is 0 Å². The molecule has 0 heterocycles. The highest BCUT2D eigenvalue weighted by atomic mass is 16.3. The van der Waals surface area contributed by atoms with E-state index in [1.807, 2.05) is 0 Å². The van der Waals surface area contributed by atoms with Gasteiger partial charge in [0.2, 0.25) is 0 Å². The van der Waals surface area contributed by atoms with E-state index in [1.54, 1.807) is 0 Å². The fourth-order valence-electron chi connectivity index (χ4n) is 6.13. The summed E-state index contributed by atoms with van der Waals surface area (Å²) in [6.45, 7) is 9.55. The third-order valence-electron chi connectivity index (χ3n) is 8.48. The number of aliphatic hydroxyl groups is 1. The van der Waals surface area contributed by atoms with Crippen molar-refractivity contribution in [3.8, 4) is 0 Å². The molecule has 33 heavy (non-hydrogen) atoms. The molecule has 0 rings (SSSR count). The molecule has 0 spiro atoms. The van der Waals surface area contributed by atoms with E-state index < -0.39 is 0 Å². The molecule has 0 aromatic heterocycles. The van der Waals surface area contributed by atoms with Crippen LogP contribution >= 0.6 is 0 Å². The predicted octanol–water partition coefficient (Wildman–Crippen LogP) is 9.83. The maximum Gasteiger partial charge on any atom is 0.0618 e. The van der Waals surface area contributed by atoms with E-state index in [2.05, 4.69) is 40.1 Å². The molecule has 0 aliphatic rings. The molecular weight excluding hydrogens is 402 g/mol. The Kier molecular flexibility index (Phi) is 23.6. The molecule has 0 aliphatic heterocycles. The van der Waals surface area contributed by atoms with Crippen LogP contribution in [0.2, 0.25) is 0 Å². The molecular formula is C31H65NO. The Morgan fingerprint density at radius 2 is 0.818 bits per heavy atom. The summed E-state index contributed by atoms with van der Waals surface area (Å²) < 4.78 is 0. The first kappa shape index (κ1) is 32.9. The summed E-state index contributed by atoms with van der Waals surface area (Å²) >= 11 is 0. The highest BCUT2D eigenvalue weighted by Gasteiger charge is 2.41. The molecule has 2 atom stereocenters. The summed E-state index contributed by atoms with van der Waals surface area (Å²) in [6, 6.07) is 0. The minimum absolute atomic E-state index is 0.0934. The van der Waals surface area contributed by atoms with E-state index in [0.717, 1.165) is 0 Å². The van der Waals surface area contributed by atoms with Gasteiger partial charge in [-0.05, 0) is 31.7 Å². The monoisotopic (exact) mass is 468 g/mol. The second kappa shape index (κ2) is 23.7. The second-order valence-corrected chi connectivity index (χ2v) is 10.9. The van der Waals surface area contributed by atoms with Crippen LogP contribution in [0.25, 0.3) is 0 Å². The Bertz CT molecular complexity index is 347. The topological polar surface area (TPSA) is 32.3 Å². The van der Waals surface area contributed by atoms with Crippen LogP contribution in [-0.2, 0) is 0 Å². The molecule has 0 amide bonds. The van der Waals surface area contributed by atoms with Gasteiger partial charge in [0.1, 0.15) is 0 Å². The summed E-state index contributed by atoms with van der Waals surface area (Å²) in [6.07, 6.45) is 29.9. The fourth-order valence-corrected chi connectivity index (χ4v) is 6.13. The molecule has 2 N–H and O–H groups in total. The lowest BCUT2D eigenvalue weighted by atomic mass is 9.68. The Balaban J connectivity index is 4.38. The number of likely N-dealkylation sites (N-methyl/N-ethyl adjacent to an activating group) is 1. The summed E-state index contributed by atoms with van der Waals surface area (Å²) in [5.74, 6) is 1.17. The van der Waals surface area contributed by atoms with Crippen molar-refractivity contribution in [1.29, 1.82) is 0 Å². The zero-order valence-corrected chi connectivity index (χ0v) is 23.9. The van der Waals surface area contributed by atoms with Crippen LogP contribution in [0, 0.1) is 11.8 Å². The zero-order valence-electron chi connectivity index (χ0n) is 23.9. The van der Waals surface area contributed by atoms with Crippen molar-refractivity contribution >= 4 is 0 Å². The largest absolute Gasteiger partial charge is 0.394 e. The quantitative estimate of drug-likeness (QED) is 0.124. The lowest BCUT2D eigenvalue weighted by molar-refractivity contribution is 0.0398. The van der Waals surface area contributed by atoms with Gasteiger partial charge in [-0.15, -0.1) is 0 Å². The number of rotatable bonds is 26. The van der Waals surface area contributed by atoms with E-state index in [9.17, 15) is 5.11 Å². The third kappa shape index (κ3) is 14.8. The average Bonchev–Trinajstić information content (AvgIpc) is 2.84. The summed E-state index contributed by atoms with van der Waals surface area (Å²) in [7, 11) is 2.11. The third-order valence-corrected chi connectivity index (χ3v) is 8.48. The van der Waals surface area contributed by atoms with Gasteiger partial charge in [0, 0.05) is 5.54 Å². The van der Waals surface area contributed by atoms with Gasteiger partial charge in [0.15, 0.2) is 0 Å². The van der Waals surface area contributed by atoms with Gasteiger partial charge in [0.05, 0.1) is 6.61 Å². The Morgan fingerprint density at radius 1 is 0.515 bits per heavy atom. The molecule has 0 saturated heterocycles. The molecule has 2 unspecified atom stereocenters. The summed E-state index contributed by atoms with van der Waals surface area (Å²) in [4.78, 5) is 0. The maximum absolute atomic E-state index is 10.6. The lowest BCUT2D eigenvalue weighted by Gasteiger charge is -2.45. The highest BCUT2D eigenvalue weighted by Crippen LogP contribution is 2.37. The molecule has 0 saturated carbocycles. The number of hydrogen-bond acceptors (Lipinski definition) is 2. The first-order valence-corrected chi connectivity index (χ1v) is 15.5. The van der Waals surface area contributed by atoms with Gasteiger partial charge < -0.3 is 10.4 Å². The smallest absolute Gasteiger partial charge is 0.0618 e. The normalized spacial score (nSPS) is 15.5. The van der Waals surface area contributed by atoms with E-state index >= 15 is 0 Å². The van der Waals surface area contributed by atoms with E-state index in [0.29, 0.717) is 11.8 Å². The van der Waals surface area contributed by atoms with Crippen molar-refractivity contribution in [2.75, 3.05) is 13.7 Å². The molecule has 0 radical (unpaired) electrons. The summed E-state index contributed by atoms with van der Waals surface area (Å²) in [5, 5.41) is 14.3.